The van der Waals surface area contributed by atoms with E-state index in [0.29, 0.717) is 17.9 Å². The van der Waals surface area contributed by atoms with Crippen molar-refractivity contribution >= 4 is 28.8 Å². The van der Waals surface area contributed by atoms with Gasteiger partial charge < -0.3 is 5.32 Å². The van der Waals surface area contributed by atoms with E-state index in [-0.39, 0.29) is 18.4 Å². The van der Waals surface area contributed by atoms with Crippen LogP contribution in [-0.4, -0.2) is 27.1 Å². The number of thiophene rings is 1. The van der Waals surface area contributed by atoms with Gasteiger partial charge in [-0.05, 0) is 56.0 Å². The first kappa shape index (κ1) is 22.1. The van der Waals surface area contributed by atoms with Gasteiger partial charge in [0.25, 0.3) is 5.91 Å². The molecule has 0 bridgehead atoms. The molecule has 0 fully saturated rings. The quantitative estimate of drug-likeness (QED) is 0.448. The molecule has 4 aromatic rings. The molecule has 1 aliphatic heterocycles. The van der Waals surface area contributed by atoms with Gasteiger partial charge in [-0.25, -0.2) is 0 Å². The summed E-state index contributed by atoms with van der Waals surface area (Å²) in [5, 5.41) is 9.74. The minimum atomic E-state index is -1.15. The average Bonchev–Trinajstić information content (AvgIpc) is 3.49. The number of hydrogen-bond acceptors (Lipinski definition) is 4. The molecular formula is C27H26N4O2S. The van der Waals surface area contributed by atoms with Crippen molar-refractivity contribution in [2.24, 2.45) is 0 Å². The van der Waals surface area contributed by atoms with E-state index in [0.717, 1.165) is 27.3 Å². The normalized spacial score (nSPS) is 17.5. The summed E-state index contributed by atoms with van der Waals surface area (Å²) in [5.74, 6) is -0.458. The van der Waals surface area contributed by atoms with Crippen molar-refractivity contribution in [3.63, 3.8) is 0 Å². The molecular weight excluding hydrogens is 444 g/mol. The molecule has 1 aliphatic rings. The first-order chi connectivity index (χ1) is 16.3. The number of carbonyl (C=O) groups excluding carboxylic acids is 2. The lowest BCUT2D eigenvalue weighted by Gasteiger charge is -2.43. The van der Waals surface area contributed by atoms with Crippen molar-refractivity contribution in [3.8, 4) is 10.6 Å². The van der Waals surface area contributed by atoms with Crippen LogP contribution in [0.2, 0.25) is 0 Å². The number of aromatic nitrogens is 2. The minimum absolute atomic E-state index is 0.221. The zero-order valence-corrected chi connectivity index (χ0v) is 20.2. The monoisotopic (exact) mass is 470 g/mol. The molecule has 3 heterocycles. The highest BCUT2D eigenvalue weighted by Crippen LogP contribution is 2.35. The van der Waals surface area contributed by atoms with Gasteiger partial charge >= 0.3 is 0 Å². The van der Waals surface area contributed by atoms with Gasteiger partial charge in [0.1, 0.15) is 16.9 Å². The van der Waals surface area contributed by atoms with Gasteiger partial charge in [0.15, 0.2) is 0 Å². The van der Waals surface area contributed by atoms with Crippen molar-refractivity contribution in [2.45, 2.75) is 39.4 Å². The fraction of sp³-hybridized carbons (Fsp3) is 0.222. The van der Waals surface area contributed by atoms with Crippen LogP contribution in [0.4, 0.5) is 5.69 Å². The molecule has 5 rings (SSSR count). The van der Waals surface area contributed by atoms with Crippen molar-refractivity contribution in [1.82, 2.24) is 15.1 Å². The van der Waals surface area contributed by atoms with Crippen LogP contribution in [0, 0.1) is 13.8 Å². The van der Waals surface area contributed by atoms with E-state index in [1.54, 1.807) is 20.9 Å². The maximum Gasteiger partial charge on any atom is 0.277 e. The van der Waals surface area contributed by atoms with Crippen molar-refractivity contribution in [1.29, 1.82) is 0 Å². The van der Waals surface area contributed by atoms with Crippen LogP contribution in [0.5, 0.6) is 0 Å². The van der Waals surface area contributed by atoms with Gasteiger partial charge in [0.2, 0.25) is 5.91 Å². The third kappa shape index (κ3) is 3.92. The highest BCUT2D eigenvalue weighted by atomic mass is 32.1. The molecule has 7 heteroatoms. The number of nitrogens with one attached hydrogen (secondary N) is 1. The molecule has 0 spiro atoms. The third-order valence-electron chi connectivity index (χ3n) is 6.24. The van der Waals surface area contributed by atoms with E-state index < -0.39 is 5.54 Å². The Kier molecular flexibility index (Phi) is 5.57. The molecule has 1 unspecified atom stereocenters. The van der Waals surface area contributed by atoms with Gasteiger partial charge in [0.05, 0.1) is 11.4 Å². The first-order valence-electron chi connectivity index (χ1n) is 11.2. The molecule has 0 aliphatic carbocycles. The molecule has 1 N–H and O–H groups in total. The average molecular weight is 471 g/mol. The van der Waals surface area contributed by atoms with Crippen LogP contribution in [0.3, 0.4) is 0 Å². The standard InChI is InChI=1S/C27H26N4O2S/c1-18-9-11-21(12-10-18)31-25(32)23-15-22(24-8-5-13-34-24)29-30(23)17-27(31,3)26(33)28-16-20-7-4-6-19(2)14-20/h4-15H,16-17H2,1-3H3,(H,28,33). The Bertz CT molecular complexity index is 1360. The SMILES string of the molecule is Cc1ccc(N2C(=O)c3cc(-c4cccs4)nn3CC2(C)C(=O)NCc2cccc(C)c2)cc1. The molecule has 172 valence electrons. The molecule has 1 atom stereocenters. The smallest absolute Gasteiger partial charge is 0.277 e. The predicted octanol–water partition coefficient (Wildman–Crippen LogP) is 4.96. The number of aryl methyl sites for hydroxylation is 2. The largest absolute Gasteiger partial charge is 0.350 e. The van der Waals surface area contributed by atoms with Crippen LogP contribution in [0.25, 0.3) is 10.6 Å². The molecule has 34 heavy (non-hydrogen) atoms. The van der Waals surface area contributed by atoms with Gasteiger partial charge in [-0.15, -0.1) is 11.3 Å². The van der Waals surface area contributed by atoms with Crippen LogP contribution in [-0.2, 0) is 17.9 Å². The van der Waals surface area contributed by atoms with Crippen LogP contribution >= 0.6 is 11.3 Å². The number of hydrogen-bond donors (Lipinski definition) is 1. The zero-order valence-electron chi connectivity index (χ0n) is 19.4. The lowest BCUT2D eigenvalue weighted by Crippen LogP contribution is -2.64. The third-order valence-corrected chi connectivity index (χ3v) is 7.14. The van der Waals surface area contributed by atoms with Gasteiger partial charge in [0, 0.05) is 12.2 Å². The molecule has 0 radical (unpaired) electrons. The summed E-state index contributed by atoms with van der Waals surface area (Å²) in [6.45, 7) is 6.48. The fourth-order valence-electron chi connectivity index (χ4n) is 4.42. The molecule has 2 aromatic heterocycles. The Morgan fingerprint density at radius 3 is 2.56 bits per heavy atom. The number of nitrogens with zero attached hydrogens (tertiary/aromatic N) is 3. The predicted molar refractivity (Wildman–Crippen MR) is 135 cm³/mol. The summed E-state index contributed by atoms with van der Waals surface area (Å²) in [5.41, 5.74) is 3.99. The maximum absolute atomic E-state index is 13.8. The minimum Gasteiger partial charge on any atom is -0.350 e. The van der Waals surface area contributed by atoms with Crippen molar-refractivity contribution in [3.05, 3.63) is 94.5 Å². The molecule has 2 amide bonds. The number of carbonyl (C=O) groups is 2. The summed E-state index contributed by atoms with van der Waals surface area (Å²) in [4.78, 5) is 30.1. The van der Waals surface area contributed by atoms with Crippen LogP contribution in [0.1, 0.15) is 34.1 Å². The van der Waals surface area contributed by atoms with E-state index in [1.165, 1.54) is 0 Å². The first-order valence-corrected chi connectivity index (χ1v) is 12.1. The second kappa shape index (κ2) is 8.57. The highest BCUT2D eigenvalue weighted by molar-refractivity contribution is 7.13. The second-order valence-corrected chi connectivity index (χ2v) is 9.92. The topological polar surface area (TPSA) is 67.2 Å². The van der Waals surface area contributed by atoms with E-state index in [2.05, 4.69) is 5.32 Å². The Balaban J connectivity index is 1.53. The highest BCUT2D eigenvalue weighted by Gasteiger charge is 2.48. The lowest BCUT2D eigenvalue weighted by atomic mass is 9.93. The van der Waals surface area contributed by atoms with Gasteiger partial charge in [-0.1, -0.05) is 53.6 Å². The second-order valence-electron chi connectivity index (χ2n) is 8.97. The van der Waals surface area contributed by atoms with Crippen molar-refractivity contribution in [2.75, 3.05) is 4.90 Å². The molecule has 0 saturated carbocycles. The number of amides is 2. The number of benzene rings is 2. The van der Waals surface area contributed by atoms with E-state index >= 15 is 0 Å². The lowest BCUT2D eigenvalue weighted by molar-refractivity contribution is -0.126. The number of anilines is 1. The van der Waals surface area contributed by atoms with Crippen molar-refractivity contribution < 1.29 is 9.59 Å². The summed E-state index contributed by atoms with van der Waals surface area (Å²) in [6, 6.07) is 21.5. The summed E-state index contributed by atoms with van der Waals surface area (Å²) >= 11 is 1.57. The molecule has 0 saturated heterocycles. The maximum atomic E-state index is 13.8. The van der Waals surface area contributed by atoms with E-state index in [9.17, 15) is 9.59 Å². The van der Waals surface area contributed by atoms with Gasteiger partial charge in [-0.2, -0.15) is 5.10 Å². The Morgan fingerprint density at radius 1 is 1.06 bits per heavy atom. The Hall–Kier alpha value is -3.71. The van der Waals surface area contributed by atoms with Crippen LogP contribution < -0.4 is 10.2 Å². The van der Waals surface area contributed by atoms with Crippen LogP contribution in [0.15, 0.2) is 72.1 Å². The fourth-order valence-corrected chi connectivity index (χ4v) is 5.10. The molecule has 6 nitrogen and oxygen atoms in total. The van der Waals surface area contributed by atoms with E-state index in [1.807, 2.05) is 92.9 Å². The summed E-state index contributed by atoms with van der Waals surface area (Å²) < 4.78 is 1.67. The zero-order chi connectivity index (χ0) is 23.9. The Morgan fingerprint density at radius 2 is 1.85 bits per heavy atom. The van der Waals surface area contributed by atoms with E-state index in [4.69, 9.17) is 5.10 Å². The summed E-state index contributed by atoms with van der Waals surface area (Å²) in [6.07, 6.45) is 0. The van der Waals surface area contributed by atoms with Gasteiger partial charge in [-0.3, -0.25) is 19.2 Å². The molecule has 2 aromatic carbocycles. The summed E-state index contributed by atoms with van der Waals surface area (Å²) in [7, 11) is 0. The number of rotatable bonds is 5. The Labute approximate surface area is 202 Å². The number of fused-ring (bicyclic) bond motifs is 1.